The third-order valence-corrected chi connectivity index (χ3v) is 52.7. The van der Waals surface area contributed by atoms with Crippen LogP contribution in [0.1, 0.15) is 183 Å². The number of hydrogen-bond acceptors (Lipinski definition) is 25. The number of allylic oxidation sites excluding steroid dienone is 18. The van der Waals surface area contributed by atoms with Crippen LogP contribution in [0.2, 0.25) is 0 Å². The van der Waals surface area contributed by atoms with Gasteiger partial charge in [-0.3, -0.25) is 38.4 Å². The Hall–Kier alpha value is -3.15. The van der Waals surface area contributed by atoms with Crippen LogP contribution in [0.25, 0.3) is 0 Å². The molecule has 2 N–H and O–H groups in total. The van der Waals surface area contributed by atoms with E-state index in [4.69, 9.17) is 29.7 Å². The third-order valence-electron chi connectivity index (χ3n) is 38.4. The van der Waals surface area contributed by atoms with Crippen LogP contribution < -0.4 is 0 Å². The monoisotopic (exact) mass is 2050 g/mol. The molecule has 43 atom stereocenters. The van der Waals surface area contributed by atoms with E-state index in [1.165, 1.54) is 46.3 Å². The average molecular weight is 2060 g/mol. The lowest BCUT2D eigenvalue weighted by molar-refractivity contribution is 0.159. The van der Waals surface area contributed by atoms with E-state index in [9.17, 15) is 80.3 Å². The van der Waals surface area contributed by atoms with Crippen molar-refractivity contribution in [2.45, 2.75) is 214 Å². The fraction of sp³-hybridized carbons (Fsp3) is 0.818. The van der Waals surface area contributed by atoms with Gasteiger partial charge in [0.2, 0.25) is 0 Å². The largest absolute Gasteiger partial charge is 0.285 e. The summed E-state index contributed by atoms with van der Waals surface area (Å²) >= 11 is 0. The van der Waals surface area contributed by atoms with E-state index in [1.54, 1.807) is 34.6 Å². The van der Waals surface area contributed by atoms with Gasteiger partial charge < -0.3 is 0 Å². The molecule has 43 unspecified atom stereocenters. The smallest absolute Gasteiger partial charge is 0.270 e. The maximum atomic E-state index is 12.2. The molecular formula is C99H146O27S9. The first kappa shape index (κ1) is 102. The van der Waals surface area contributed by atoms with E-state index in [-0.39, 0.29) is 100 Å². The Labute approximate surface area is 805 Å². The minimum absolute atomic E-state index is 0.0787. The number of hydrogen-bond donors (Lipinski definition) is 2. The van der Waals surface area contributed by atoms with Gasteiger partial charge in [0, 0.05) is 0 Å². The third kappa shape index (κ3) is 20.3. The summed E-state index contributed by atoms with van der Waals surface area (Å²) in [6.07, 6.45) is 62.4. The molecule has 27 nitrogen and oxygen atoms in total. The molecule has 17 fully saturated rings. The predicted molar refractivity (Wildman–Crippen MR) is 513 cm³/mol. The first-order chi connectivity index (χ1) is 63.8. The highest BCUT2D eigenvalue weighted by Crippen LogP contribution is 2.71. The molecule has 0 aliphatic heterocycles. The Kier molecular flexibility index (Phi) is 29.4. The standard InChI is InChI=1S/C15H22O3S.C14H20O3S.C13H18O3S.C12H16O3S.C11H18O3S.C10H16O3S.C9H14O3S.C8H12O3S.C7H10O3S/c1-2-18-19(16,17)8-12-6-11-7-13(12)15-10-4-3-9(5-10)14(11)15;1-2-17-18(15,16)12-7-10-6-11(12)14-9-4-3-8(5-9)13(10)14;1-16-17(14,15)11-6-9-5-10(11)13-8-3-2-7(4-8)12(9)13;13-16(14,15)10-5-8-4-9(10)12-7-2-1-6(3-7)11(8)12;1-3-14-15(12,13)8-11(2)7-9-4-5-10(11)6-9;1-2-13-14(11,12)7-10-6-8-3-4-9(10)5-8;1-2-12-13(10,11)9-6-7-3-4-8(9)5-7;1-11-12(9,10)8-5-6-2-3-7(8)4-6;8-11(9,10)7-4-5-1-2-6(7)3-5/h3-4,9-15H,2,5-8H2,1H3;3-4,8-14H,2,5-7H2,1H3;2-3,7-13H,4-6H2,1H3;1-2,6-12H,3-5H2,(H,13,14,15);4-5,9-10H,3,6-8H2,1-2H3;3-4,8-10H,2,5-7H2,1H3;3-4,7-9H,2,5-6H2,1H3;2-3,6-8H,4-5H2,1H3;1-2,5-7H,3-4H2,(H,8,9,10). The maximum absolute atomic E-state index is 12.2. The lowest BCUT2D eigenvalue weighted by Crippen LogP contribution is -2.38. The van der Waals surface area contributed by atoms with E-state index >= 15 is 0 Å². The highest BCUT2D eigenvalue weighted by atomic mass is 32.3. The Bertz CT molecular complexity index is 5770. The lowest BCUT2D eigenvalue weighted by Gasteiger charge is -2.36. The molecule has 135 heavy (non-hydrogen) atoms. The molecule has 0 radical (unpaired) electrons. The van der Waals surface area contributed by atoms with Crippen LogP contribution in [0.15, 0.2) is 109 Å². The van der Waals surface area contributed by atoms with E-state index in [0.717, 1.165) is 155 Å². The summed E-state index contributed by atoms with van der Waals surface area (Å²) in [7, 11) is -28.2. The van der Waals surface area contributed by atoms with Gasteiger partial charge in [0.1, 0.15) is 0 Å². The summed E-state index contributed by atoms with van der Waals surface area (Å²) in [5.41, 5.74) is -0.104. The maximum Gasteiger partial charge on any atom is 0.270 e. The minimum atomic E-state index is -3.81. The van der Waals surface area contributed by atoms with Crippen LogP contribution in [0.3, 0.4) is 0 Å². The van der Waals surface area contributed by atoms with E-state index in [2.05, 4.69) is 96.2 Å². The van der Waals surface area contributed by atoms with Crippen molar-refractivity contribution in [3.05, 3.63) is 109 Å². The van der Waals surface area contributed by atoms with E-state index in [1.807, 2.05) is 24.3 Å². The molecule has 26 aliphatic rings. The lowest BCUT2D eigenvalue weighted by atomic mass is 9.70. The van der Waals surface area contributed by atoms with Gasteiger partial charge in [-0.15, -0.1) is 0 Å². The normalized spacial score (nSPS) is 46.1. The summed E-state index contributed by atoms with van der Waals surface area (Å²) in [6.45, 7) is 12.0. The first-order valence-electron chi connectivity index (χ1n) is 50.8. The summed E-state index contributed by atoms with van der Waals surface area (Å²) < 4.78 is 260. The zero-order valence-electron chi connectivity index (χ0n) is 79.1. The van der Waals surface area contributed by atoms with Gasteiger partial charge >= 0.3 is 0 Å². The van der Waals surface area contributed by atoms with Crippen molar-refractivity contribution in [3.63, 3.8) is 0 Å². The van der Waals surface area contributed by atoms with Gasteiger partial charge in [0.15, 0.2) is 0 Å². The fourth-order valence-corrected chi connectivity index (χ4v) is 47.0. The molecule has 36 heteroatoms. The Morgan fingerprint density at radius 2 is 0.563 bits per heavy atom. The quantitative estimate of drug-likeness (QED) is 0.0392. The molecule has 0 amide bonds. The molecule has 26 bridgehead atoms. The first-order valence-corrected chi connectivity index (χ1v) is 64.4. The SMILES string of the molecule is CCOS(=O)(=O)C1CC2C=CC1C2.CCOS(=O)(=O)C1CC2CC1C1C3C=CC(C3)C21.CCOS(=O)(=O)CC1(C)CC2C=CC1C2.CCOS(=O)(=O)CC1CC2C=CC1C2.CCOS(=O)(=O)CC1CC2CC1C1C3C=CC(C3)C21.COS(=O)(=O)C1CC2C=CC1C2.COS(=O)(=O)C1CC2CC1C1C3C=CC(C3)C21.O=S(=O)(O)C1CC2C=CC1C2.O=S(=O)(O)C1CC2CC1C1C3C=CC(C3)C21. The Morgan fingerprint density at radius 3 is 0.904 bits per heavy atom. The zero-order valence-corrected chi connectivity index (χ0v) is 86.5. The van der Waals surface area contributed by atoms with Gasteiger partial charge in [-0.2, -0.15) is 75.8 Å². The molecule has 0 heterocycles. The van der Waals surface area contributed by atoms with Gasteiger partial charge in [-0.25, -0.2) is 0 Å². The molecule has 0 aromatic rings. The Balaban J connectivity index is 0.000000102. The fourth-order valence-electron chi connectivity index (χ4n) is 34.2. The highest BCUT2D eigenvalue weighted by Gasteiger charge is 2.68. The number of fused-ring (bicyclic) bond motifs is 46. The molecule has 26 rings (SSSR count). The molecule has 17 saturated carbocycles. The van der Waals surface area contributed by atoms with Crippen molar-refractivity contribution in [3.8, 4) is 0 Å². The second-order valence-corrected chi connectivity index (χ2v) is 61.0. The van der Waals surface area contributed by atoms with Gasteiger partial charge in [-0.05, 0) is 394 Å². The van der Waals surface area contributed by atoms with Gasteiger partial charge in [0.25, 0.3) is 91.1 Å². The van der Waals surface area contributed by atoms with Crippen molar-refractivity contribution >= 4 is 91.1 Å². The average Bonchev–Trinajstić information content (AvgIpc) is 1.56. The van der Waals surface area contributed by atoms with Crippen molar-refractivity contribution in [1.29, 1.82) is 0 Å². The molecule has 0 spiro atoms. The number of rotatable bonds is 24. The van der Waals surface area contributed by atoms with Crippen LogP contribution in [0.4, 0.5) is 0 Å². The summed E-state index contributed by atoms with van der Waals surface area (Å²) in [6, 6.07) is 0. The second kappa shape index (κ2) is 39.0. The summed E-state index contributed by atoms with van der Waals surface area (Å²) in [4.78, 5) is 0. The Morgan fingerprint density at radius 1 is 0.259 bits per heavy atom. The van der Waals surface area contributed by atoms with Crippen molar-refractivity contribution in [2.75, 3.05) is 64.5 Å². The van der Waals surface area contributed by atoms with Crippen LogP contribution in [-0.4, -0.2) is 181 Å². The van der Waals surface area contributed by atoms with Crippen molar-refractivity contribution < 1.29 is 114 Å². The highest BCUT2D eigenvalue weighted by molar-refractivity contribution is 7.89. The molecule has 26 aliphatic carbocycles. The van der Waals surface area contributed by atoms with Crippen LogP contribution >= 0.6 is 0 Å². The van der Waals surface area contributed by atoms with Gasteiger partial charge in [-0.1, -0.05) is 116 Å². The molecule has 0 saturated heterocycles. The van der Waals surface area contributed by atoms with Crippen LogP contribution in [-0.2, 0) is 120 Å². The van der Waals surface area contributed by atoms with E-state index < -0.39 is 102 Å². The van der Waals surface area contributed by atoms with Gasteiger partial charge in [0.05, 0.1) is 96.0 Å². The molecule has 0 aromatic carbocycles. The molecule has 758 valence electrons. The van der Waals surface area contributed by atoms with E-state index in [0.29, 0.717) is 143 Å². The topological polar surface area (TPSA) is 412 Å². The van der Waals surface area contributed by atoms with Crippen molar-refractivity contribution in [1.82, 2.24) is 0 Å². The summed E-state index contributed by atoms with van der Waals surface area (Å²) in [5, 5.41) is -1.95. The molecule has 0 aromatic heterocycles. The predicted octanol–water partition coefficient (Wildman–Crippen LogP) is 14.8. The zero-order chi connectivity index (χ0) is 96.1. The summed E-state index contributed by atoms with van der Waals surface area (Å²) in [5.74, 6) is 21.0. The van der Waals surface area contributed by atoms with Crippen LogP contribution in [0.5, 0.6) is 0 Å². The van der Waals surface area contributed by atoms with Crippen molar-refractivity contribution in [2.24, 2.45) is 218 Å². The second-order valence-electron chi connectivity index (χ2n) is 45.2. The minimum Gasteiger partial charge on any atom is -0.285 e. The van der Waals surface area contributed by atoms with Crippen LogP contribution in [0, 0.1) is 218 Å². The molecular weight excluding hydrogens is 1910 g/mol.